The standard InChI is InChI=1S/C20H25FN2O4/c21-17-3-1-2-16(14-17)19(25)22-8-4-15(5-9-22)18(24)23-10-6-20(7-11-23)26-12-13-27-20/h1-3,14-15H,4-13H2. The molecule has 1 aromatic rings. The number of nitrogens with zero attached hydrogens (tertiary/aromatic N) is 2. The number of piperidine rings is 2. The molecule has 0 atom stereocenters. The molecule has 4 rings (SSSR count). The Morgan fingerprint density at radius 3 is 2.30 bits per heavy atom. The summed E-state index contributed by atoms with van der Waals surface area (Å²) in [6, 6.07) is 5.75. The fraction of sp³-hybridized carbons (Fsp3) is 0.600. The Balaban J connectivity index is 1.29. The molecule has 1 aromatic carbocycles. The number of carbonyl (C=O) groups excluding carboxylic acids is 2. The van der Waals surface area contributed by atoms with Crippen molar-refractivity contribution in [2.75, 3.05) is 39.4 Å². The van der Waals surface area contributed by atoms with Crippen molar-refractivity contribution in [3.63, 3.8) is 0 Å². The molecule has 2 amide bonds. The van der Waals surface area contributed by atoms with Crippen molar-refractivity contribution < 1.29 is 23.5 Å². The van der Waals surface area contributed by atoms with Crippen molar-refractivity contribution in [2.24, 2.45) is 5.92 Å². The molecule has 0 aliphatic carbocycles. The molecule has 0 aromatic heterocycles. The van der Waals surface area contributed by atoms with Gasteiger partial charge in [0.1, 0.15) is 5.82 Å². The average Bonchev–Trinajstić information content (AvgIpc) is 3.15. The molecule has 6 nitrogen and oxygen atoms in total. The van der Waals surface area contributed by atoms with E-state index in [1.807, 2.05) is 4.90 Å². The van der Waals surface area contributed by atoms with Gasteiger partial charge in [0.05, 0.1) is 13.2 Å². The molecule has 7 heteroatoms. The van der Waals surface area contributed by atoms with Crippen LogP contribution in [0.1, 0.15) is 36.0 Å². The summed E-state index contributed by atoms with van der Waals surface area (Å²) in [6.07, 6.45) is 2.73. The monoisotopic (exact) mass is 376 g/mol. The largest absolute Gasteiger partial charge is 0.347 e. The predicted molar refractivity (Wildman–Crippen MR) is 95.5 cm³/mol. The molecule has 0 bridgehead atoms. The summed E-state index contributed by atoms with van der Waals surface area (Å²) in [5.74, 6) is -0.945. The van der Waals surface area contributed by atoms with Crippen LogP contribution in [0.15, 0.2) is 24.3 Å². The summed E-state index contributed by atoms with van der Waals surface area (Å²) in [5, 5.41) is 0. The van der Waals surface area contributed by atoms with Crippen molar-refractivity contribution >= 4 is 11.8 Å². The van der Waals surface area contributed by atoms with Crippen molar-refractivity contribution in [2.45, 2.75) is 31.5 Å². The molecular weight excluding hydrogens is 351 g/mol. The van der Waals surface area contributed by atoms with Crippen LogP contribution in [0.5, 0.6) is 0 Å². The molecule has 27 heavy (non-hydrogen) atoms. The first-order chi connectivity index (χ1) is 13.1. The lowest BCUT2D eigenvalue weighted by Crippen LogP contribution is -2.50. The van der Waals surface area contributed by atoms with Crippen LogP contribution in [0.3, 0.4) is 0 Å². The van der Waals surface area contributed by atoms with Gasteiger partial charge in [-0.05, 0) is 31.0 Å². The second-order valence-corrected chi connectivity index (χ2v) is 7.51. The predicted octanol–water partition coefficient (Wildman–Crippen LogP) is 2.04. The maximum atomic E-state index is 13.3. The van der Waals surface area contributed by atoms with Crippen molar-refractivity contribution in [1.82, 2.24) is 9.80 Å². The number of likely N-dealkylation sites (tertiary alicyclic amines) is 2. The first-order valence-corrected chi connectivity index (χ1v) is 9.68. The van der Waals surface area contributed by atoms with Crippen LogP contribution in [0, 0.1) is 11.7 Å². The zero-order chi connectivity index (χ0) is 18.9. The molecule has 3 saturated heterocycles. The van der Waals surface area contributed by atoms with Gasteiger partial charge in [-0.15, -0.1) is 0 Å². The Labute approximate surface area is 158 Å². The van der Waals surface area contributed by atoms with Gasteiger partial charge in [0.15, 0.2) is 5.79 Å². The highest BCUT2D eigenvalue weighted by molar-refractivity contribution is 5.94. The van der Waals surface area contributed by atoms with E-state index >= 15 is 0 Å². The van der Waals surface area contributed by atoms with Crippen molar-refractivity contribution in [1.29, 1.82) is 0 Å². The Morgan fingerprint density at radius 1 is 1.00 bits per heavy atom. The Morgan fingerprint density at radius 2 is 1.67 bits per heavy atom. The quantitative estimate of drug-likeness (QED) is 0.793. The maximum Gasteiger partial charge on any atom is 0.253 e. The molecule has 0 unspecified atom stereocenters. The summed E-state index contributed by atoms with van der Waals surface area (Å²) in [4.78, 5) is 29.0. The van der Waals surface area contributed by atoms with Gasteiger partial charge in [-0.2, -0.15) is 0 Å². The van der Waals surface area contributed by atoms with Crippen molar-refractivity contribution in [3.05, 3.63) is 35.6 Å². The second kappa shape index (κ2) is 7.56. The fourth-order valence-electron chi connectivity index (χ4n) is 4.25. The lowest BCUT2D eigenvalue weighted by Gasteiger charge is -2.40. The highest BCUT2D eigenvalue weighted by Gasteiger charge is 2.42. The number of halogens is 1. The molecule has 3 aliphatic rings. The Hall–Kier alpha value is -1.99. The molecule has 0 N–H and O–H groups in total. The van der Waals surface area contributed by atoms with Gasteiger partial charge in [0.2, 0.25) is 5.91 Å². The van der Waals surface area contributed by atoms with Gasteiger partial charge in [-0.1, -0.05) is 6.07 Å². The normalized spacial score (nSPS) is 23.0. The molecule has 3 fully saturated rings. The smallest absolute Gasteiger partial charge is 0.253 e. The molecule has 146 valence electrons. The molecule has 0 saturated carbocycles. The maximum absolute atomic E-state index is 13.3. The van der Waals surface area contributed by atoms with E-state index < -0.39 is 11.6 Å². The van der Waals surface area contributed by atoms with Crippen LogP contribution >= 0.6 is 0 Å². The zero-order valence-corrected chi connectivity index (χ0v) is 15.4. The molecule has 1 spiro atoms. The lowest BCUT2D eigenvalue weighted by atomic mass is 9.93. The van der Waals surface area contributed by atoms with E-state index in [1.54, 1.807) is 17.0 Å². The third-order valence-corrected chi connectivity index (χ3v) is 5.85. The van der Waals surface area contributed by atoms with Crippen molar-refractivity contribution in [3.8, 4) is 0 Å². The Kier molecular flexibility index (Phi) is 5.14. The summed E-state index contributed by atoms with van der Waals surface area (Å²) < 4.78 is 24.8. The van der Waals surface area contributed by atoms with Gasteiger partial charge >= 0.3 is 0 Å². The highest BCUT2D eigenvalue weighted by atomic mass is 19.1. The zero-order valence-electron chi connectivity index (χ0n) is 15.4. The number of carbonyl (C=O) groups is 2. The summed E-state index contributed by atoms with van der Waals surface area (Å²) in [7, 11) is 0. The number of ether oxygens (including phenoxy) is 2. The average molecular weight is 376 g/mol. The fourth-order valence-corrected chi connectivity index (χ4v) is 4.25. The number of benzene rings is 1. The second-order valence-electron chi connectivity index (χ2n) is 7.51. The minimum Gasteiger partial charge on any atom is -0.347 e. The van der Waals surface area contributed by atoms with Gasteiger partial charge in [0.25, 0.3) is 5.91 Å². The third kappa shape index (κ3) is 3.84. The van der Waals surface area contributed by atoms with E-state index in [4.69, 9.17) is 9.47 Å². The Bertz CT molecular complexity index is 702. The van der Waals surface area contributed by atoms with Gasteiger partial charge in [-0.25, -0.2) is 4.39 Å². The van der Waals surface area contributed by atoms with E-state index in [0.717, 1.165) is 12.8 Å². The van der Waals surface area contributed by atoms with Crippen LogP contribution in [0.25, 0.3) is 0 Å². The van der Waals surface area contributed by atoms with Crippen LogP contribution in [0.2, 0.25) is 0 Å². The van der Waals surface area contributed by atoms with Gasteiger partial charge in [-0.3, -0.25) is 9.59 Å². The van der Waals surface area contributed by atoms with E-state index in [0.29, 0.717) is 57.8 Å². The number of hydrogen-bond acceptors (Lipinski definition) is 4. The van der Waals surface area contributed by atoms with E-state index in [-0.39, 0.29) is 17.7 Å². The first-order valence-electron chi connectivity index (χ1n) is 9.68. The van der Waals surface area contributed by atoms with Crippen LogP contribution < -0.4 is 0 Å². The summed E-state index contributed by atoms with van der Waals surface area (Å²) in [6.45, 7) is 3.62. The SMILES string of the molecule is O=C(c1cccc(F)c1)N1CCC(C(=O)N2CCC3(CC2)OCCO3)CC1. The summed E-state index contributed by atoms with van der Waals surface area (Å²) >= 11 is 0. The topological polar surface area (TPSA) is 59.1 Å². The number of hydrogen-bond donors (Lipinski definition) is 0. The van der Waals surface area contributed by atoms with Crippen LogP contribution in [-0.2, 0) is 14.3 Å². The molecule has 0 radical (unpaired) electrons. The number of rotatable bonds is 2. The van der Waals surface area contributed by atoms with Crippen LogP contribution in [-0.4, -0.2) is 66.8 Å². The highest BCUT2D eigenvalue weighted by Crippen LogP contribution is 2.32. The summed E-state index contributed by atoms with van der Waals surface area (Å²) in [5.41, 5.74) is 0.359. The first kappa shape index (κ1) is 18.4. The third-order valence-electron chi connectivity index (χ3n) is 5.85. The minimum atomic E-state index is -0.475. The molecular formula is C20H25FN2O4. The lowest BCUT2D eigenvalue weighted by molar-refractivity contribution is -0.188. The van der Waals surface area contributed by atoms with E-state index in [9.17, 15) is 14.0 Å². The molecule has 3 heterocycles. The minimum absolute atomic E-state index is 0.0546. The van der Waals surface area contributed by atoms with E-state index in [1.165, 1.54) is 12.1 Å². The van der Waals surface area contributed by atoms with Gasteiger partial charge < -0.3 is 19.3 Å². The number of amides is 2. The molecule has 3 aliphatic heterocycles. The van der Waals surface area contributed by atoms with Crippen LogP contribution in [0.4, 0.5) is 4.39 Å². The van der Waals surface area contributed by atoms with Gasteiger partial charge in [0, 0.05) is 50.5 Å². The van der Waals surface area contributed by atoms with E-state index in [2.05, 4.69) is 0 Å².